The van der Waals surface area contributed by atoms with Crippen LogP contribution in [0.5, 0.6) is 5.75 Å². The van der Waals surface area contributed by atoms with Crippen LogP contribution in [0.4, 0.5) is 0 Å². The Kier molecular flexibility index (Phi) is 4.53. The third-order valence-electron chi connectivity index (χ3n) is 4.48. The highest BCUT2D eigenvalue weighted by atomic mass is 16.5. The van der Waals surface area contributed by atoms with Gasteiger partial charge >= 0.3 is 5.69 Å². The van der Waals surface area contributed by atoms with Gasteiger partial charge in [-0.3, -0.25) is 9.36 Å². The Morgan fingerprint density at radius 2 is 2.07 bits per heavy atom. The van der Waals surface area contributed by atoms with Crippen molar-refractivity contribution < 1.29 is 13.9 Å². The summed E-state index contributed by atoms with van der Waals surface area (Å²) in [5.41, 5.74) is 0.703. The van der Waals surface area contributed by atoms with Crippen LogP contribution in [0.15, 0.2) is 51.9 Å². The van der Waals surface area contributed by atoms with Crippen molar-refractivity contribution in [3.05, 3.63) is 58.9 Å². The van der Waals surface area contributed by atoms with Crippen molar-refractivity contribution in [1.29, 1.82) is 0 Å². The number of amides is 1. The number of hydrogen-bond acceptors (Lipinski definition) is 5. The van der Waals surface area contributed by atoms with E-state index in [2.05, 4.69) is 10.4 Å². The van der Waals surface area contributed by atoms with Crippen LogP contribution < -0.4 is 15.7 Å². The first-order valence-electron chi connectivity index (χ1n) is 8.83. The average molecular weight is 368 g/mol. The van der Waals surface area contributed by atoms with E-state index in [4.69, 9.17) is 9.15 Å². The predicted octanol–water partition coefficient (Wildman–Crippen LogP) is 2.08. The van der Waals surface area contributed by atoms with Gasteiger partial charge in [-0.2, -0.15) is 0 Å². The first-order valence-corrected chi connectivity index (χ1v) is 8.83. The third-order valence-corrected chi connectivity index (χ3v) is 4.48. The summed E-state index contributed by atoms with van der Waals surface area (Å²) in [5.74, 6) is 1.32. The number of carbonyl (C=O) groups excluding carboxylic acids is 1. The number of rotatable bonds is 7. The van der Waals surface area contributed by atoms with E-state index >= 15 is 0 Å². The lowest BCUT2D eigenvalue weighted by Crippen LogP contribution is -2.32. The Balaban J connectivity index is 1.53. The number of benzene rings is 1. The minimum Gasteiger partial charge on any atom is -0.497 e. The summed E-state index contributed by atoms with van der Waals surface area (Å²) in [4.78, 5) is 24.7. The van der Waals surface area contributed by atoms with Gasteiger partial charge in [-0.15, -0.1) is 5.10 Å². The fourth-order valence-corrected chi connectivity index (χ4v) is 2.93. The number of nitrogens with zero attached hydrogens (tertiary/aromatic N) is 3. The Labute approximate surface area is 155 Å². The average Bonchev–Trinajstić information content (AvgIpc) is 3.26. The molecule has 0 radical (unpaired) electrons. The van der Waals surface area contributed by atoms with Gasteiger partial charge in [0.25, 0.3) is 5.91 Å². The van der Waals surface area contributed by atoms with Gasteiger partial charge in [0.15, 0.2) is 11.6 Å². The molecule has 0 aliphatic heterocycles. The lowest BCUT2D eigenvalue weighted by atomic mass is 10.2. The SMILES string of the molecule is COc1ccc(-c2nn(CCNC(=O)c3ccco3)c(=O)n2C2CC2)cc1. The van der Waals surface area contributed by atoms with Crippen LogP contribution in [0, 0.1) is 0 Å². The number of furan rings is 1. The molecule has 0 unspecified atom stereocenters. The van der Waals surface area contributed by atoms with Crippen molar-refractivity contribution in [2.45, 2.75) is 25.4 Å². The molecule has 2 heterocycles. The van der Waals surface area contributed by atoms with E-state index in [-0.39, 0.29) is 36.5 Å². The van der Waals surface area contributed by atoms with E-state index < -0.39 is 0 Å². The molecule has 0 atom stereocenters. The second kappa shape index (κ2) is 7.14. The van der Waals surface area contributed by atoms with Crippen molar-refractivity contribution in [2.75, 3.05) is 13.7 Å². The fraction of sp³-hybridized carbons (Fsp3) is 0.316. The summed E-state index contributed by atoms with van der Waals surface area (Å²) in [6, 6.07) is 10.9. The second-order valence-corrected chi connectivity index (χ2v) is 6.39. The Hall–Kier alpha value is -3.29. The van der Waals surface area contributed by atoms with E-state index in [1.807, 2.05) is 24.3 Å². The van der Waals surface area contributed by atoms with Crippen LogP contribution in [0.2, 0.25) is 0 Å². The molecule has 1 aromatic carbocycles. The van der Waals surface area contributed by atoms with E-state index in [1.54, 1.807) is 23.8 Å². The highest BCUT2D eigenvalue weighted by Gasteiger charge is 2.30. The monoisotopic (exact) mass is 368 g/mol. The molecule has 0 spiro atoms. The predicted molar refractivity (Wildman–Crippen MR) is 97.8 cm³/mol. The maximum atomic E-state index is 12.8. The van der Waals surface area contributed by atoms with Crippen LogP contribution in [0.1, 0.15) is 29.4 Å². The summed E-state index contributed by atoms with van der Waals surface area (Å²) < 4.78 is 13.4. The number of aromatic nitrogens is 3. The van der Waals surface area contributed by atoms with Crippen LogP contribution in [-0.4, -0.2) is 33.9 Å². The molecule has 0 saturated heterocycles. The highest BCUT2D eigenvalue weighted by molar-refractivity contribution is 5.91. The van der Waals surface area contributed by atoms with Crippen molar-refractivity contribution >= 4 is 5.91 Å². The standard InChI is InChI=1S/C19H20N4O4/c1-26-15-8-4-13(5-9-15)17-21-22(19(25)23(17)14-6-7-14)11-10-20-18(24)16-3-2-12-27-16/h2-5,8-9,12,14H,6-7,10-11H2,1H3,(H,20,24). The number of methoxy groups -OCH3 is 1. The van der Waals surface area contributed by atoms with Gasteiger partial charge in [-0.25, -0.2) is 9.48 Å². The molecule has 1 aliphatic rings. The maximum Gasteiger partial charge on any atom is 0.346 e. The first kappa shape index (κ1) is 17.1. The molecule has 8 nitrogen and oxygen atoms in total. The van der Waals surface area contributed by atoms with Gasteiger partial charge in [0.05, 0.1) is 19.9 Å². The minimum absolute atomic E-state index is 0.157. The molecule has 1 amide bonds. The summed E-state index contributed by atoms with van der Waals surface area (Å²) in [6.07, 6.45) is 3.39. The van der Waals surface area contributed by atoms with Crippen molar-refractivity contribution in [3.63, 3.8) is 0 Å². The van der Waals surface area contributed by atoms with Crippen LogP contribution in [0.25, 0.3) is 11.4 Å². The Bertz CT molecular complexity index is 982. The first-order chi connectivity index (χ1) is 13.2. The molecule has 1 N–H and O–H groups in total. The van der Waals surface area contributed by atoms with Gasteiger partial charge in [0.1, 0.15) is 5.75 Å². The summed E-state index contributed by atoms with van der Waals surface area (Å²) in [5, 5.41) is 7.24. The highest BCUT2D eigenvalue weighted by Crippen LogP contribution is 2.36. The molecule has 27 heavy (non-hydrogen) atoms. The molecule has 3 aromatic rings. The lowest BCUT2D eigenvalue weighted by Gasteiger charge is -2.04. The number of nitrogens with one attached hydrogen (secondary N) is 1. The molecule has 140 valence electrons. The zero-order chi connectivity index (χ0) is 18.8. The summed E-state index contributed by atoms with van der Waals surface area (Å²) in [7, 11) is 1.61. The van der Waals surface area contributed by atoms with E-state index in [0.29, 0.717) is 5.82 Å². The van der Waals surface area contributed by atoms with Crippen LogP contribution >= 0.6 is 0 Å². The molecule has 1 aliphatic carbocycles. The molecular weight excluding hydrogens is 348 g/mol. The molecular formula is C19H20N4O4. The van der Waals surface area contributed by atoms with Crippen molar-refractivity contribution in [1.82, 2.24) is 19.7 Å². The van der Waals surface area contributed by atoms with Crippen LogP contribution in [0.3, 0.4) is 0 Å². The lowest BCUT2D eigenvalue weighted by molar-refractivity contribution is 0.0924. The molecule has 0 bridgehead atoms. The summed E-state index contributed by atoms with van der Waals surface area (Å²) >= 11 is 0. The third kappa shape index (κ3) is 3.51. The van der Waals surface area contributed by atoms with Gasteiger partial charge in [-0.1, -0.05) is 0 Å². The normalized spacial score (nSPS) is 13.5. The Morgan fingerprint density at radius 3 is 2.70 bits per heavy atom. The van der Waals surface area contributed by atoms with Crippen molar-refractivity contribution in [2.24, 2.45) is 0 Å². The van der Waals surface area contributed by atoms with E-state index in [9.17, 15) is 9.59 Å². The quantitative estimate of drug-likeness (QED) is 0.689. The van der Waals surface area contributed by atoms with Gasteiger partial charge in [-0.05, 0) is 49.2 Å². The van der Waals surface area contributed by atoms with E-state index in [1.165, 1.54) is 10.9 Å². The number of carbonyl (C=O) groups is 1. The summed E-state index contributed by atoms with van der Waals surface area (Å²) in [6.45, 7) is 0.567. The molecule has 2 aromatic heterocycles. The number of ether oxygens (including phenoxy) is 1. The largest absolute Gasteiger partial charge is 0.497 e. The van der Waals surface area contributed by atoms with Gasteiger partial charge in [0.2, 0.25) is 0 Å². The molecule has 1 fully saturated rings. The fourth-order valence-electron chi connectivity index (χ4n) is 2.93. The number of hydrogen-bond donors (Lipinski definition) is 1. The zero-order valence-electron chi connectivity index (χ0n) is 14.9. The molecule has 1 saturated carbocycles. The van der Waals surface area contributed by atoms with Gasteiger partial charge < -0.3 is 14.5 Å². The molecule has 4 rings (SSSR count). The maximum absolute atomic E-state index is 12.8. The van der Waals surface area contributed by atoms with Crippen LogP contribution in [-0.2, 0) is 6.54 Å². The minimum atomic E-state index is -0.315. The second-order valence-electron chi connectivity index (χ2n) is 6.39. The van der Waals surface area contributed by atoms with Gasteiger partial charge in [0, 0.05) is 18.2 Å². The Morgan fingerprint density at radius 1 is 1.30 bits per heavy atom. The molecule has 8 heteroatoms. The van der Waals surface area contributed by atoms with E-state index in [0.717, 1.165) is 24.2 Å². The van der Waals surface area contributed by atoms with Crippen molar-refractivity contribution in [3.8, 4) is 17.1 Å². The topological polar surface area (TPSA) is 91.3 Å². The smallest absolute Gasteiger partial charge is 0.346 e. The zero-order valence-corrected chi connectivity index (χ0v) is 14.9.